The predicted octanol–water partition coefficient (Wildman–Crippen LogP) is 2.86. The molecule has 0 aliphatic carbocycles. The number of carbonyl (C=O) groups excluding carboxylic acids is 1. The summed E-state index contributed by atoms with van der Waals surface area (Å²) in [7, 11) is 0. The molecule has 0 aliphatic rings. The van der Waals surface area contributed by atoms with Gasteiger partial charge in [0.05, 0.1) is 11.4 Å². The smallest absolute Gasteiger partial charge is 0.262 e. The van der Waals surface area contributed by atoms with Gasteiger partial charge in [-0.25, -0.2) is 0 Å². The maximum absolute atomic E-state index is 12.2. The van der Waals surface area contributed by atoms with E-state index >= 15 is 0 Å². The molecule has 0 atom stereocenters. The van der Waals surface area contributed by atoms with Crippen molar-refractivity contribution in [3.05, 3.63) is 60.2 Å². The van der Waals surface area contributed by atoms with Gasteiger partial charge in [0.1, 0.15) is 24.2 Å². The predicted molar refractivity (Wildman–Crippen MR) is 97.7 cm³/mol. The summed E-state index contributed by atoms with van der Waals surface area (Å²) in [4.78, 5) is 12.2. The summed E-state index contributed by atoms with van der Waals surface area (Å²) >= 11 is 0. The molecule has 0 spiro atoms. The first kappa shape index (κ1) is 17.5. The zero-order valence-corrected chi connectivity index (χ0v) is 14.6. The van der Waals surface area contributed by atoms with Crippen LogP contribution < -0.4 is 10.1 Å². The van der Waals surface area contributed by atoms with Crippen LogP contribution in [0.3, 0.4) is 0 Å². The van der Waals surface area contributed by atoms with Gasteiger partial charge in [-0.3, -0.25) is 9.36 Å². The lowest BCUT2D eigenvalue weighted by Crippen LogP contribution is -2.20. The Bertz CT molecular complexity index is 907. The highest BCUT2D eigenvalue weighted by atomic mass is 16.5. The van der Waals surface area contributed by atoms with Gasteiger partial charge in [-0.15, -0.1) is 10.2 Å². The minimum absolute atomic E-state index is 0.0152. The Labute approximate surface area is 151 Å². The third-order valence-corrected chi connectivity index (χ3v) is 3.91. The number of anilines is 1. The summed E-state index contributed by atoms with van der Waals surface area (Å²) in [5.74, 6) is 0.201. The SMILES string of the molecule is CCc1ccc(OCC(=O)Nc2cc(C)ccc2O)c(-n2cnnc2)c1. The van der Waals surface area contributed by atoms with Gasteiger partial charge in [-0.05, 0) is 48.7 Å². The third-order valence-electron chi connectivity index (χ3n) is 3.91. The maximum atomic E-state index is 12.2. The molecule has 0 fully saturated rings. The van der Waals surface area contributed by atoms with Gasteiger partial charge >= 0.3 is 0 Å². The largest absolute Gasteiger partial charge is 0.506 e. The summed E-state index contributed by atoms with van der Waals surface area (Å²) in [5, 5.41) is 20.1. The molecule has 1 aromatic heterocycles. The molecular weight excluding hydrogens is 332 g/mol. The molecular formula is C19H20N4O3. The lowest BCUT2D eigenvalue weighted by atomic mass is 10.1. The van der Waals surface area contributed by atoms with Crippen molar-refractivity contribution in [2.45, 2.75) is 20.3 Å². The van der Waals surface area contributed by atoms with E-state index in [1.165, 1.54) is 0 Å². The van der Waals surface area contributed by atoms with Crippen molar-refractivity contribution in [1.29, 1.82) is 0 Å². The average molecular weight is 352 g/mol. The molecule has 1 amide bonds. The lowest BCUT2D eigenvalue weighted by molar-refractivity contribution is -0.118. The molecule has 0 bridgehead atoms. The van der Waals surface area contributed by atoms with Crippen molar-refractivity contribution < 1.29 is 14.6 Å². The zero-order chi connectivity index (χ0) is 18.5. The number of hydrogen-bond donors (Lipinski definition) is 2. The second-order valence-corrected chi connectivity index (χ2v) is 5.88. The summed E-state index contributed by atoms with van der Waals surface area (Å²) < 4.78 is 7.43. The summed E-state index contributed by atoms with van der Waals surface area (Å²) in [6.07, 6.45) is 4.03. The van der Waals surface area contributed by atoms with E-state index in [0.29, 0.717) is 11.4 Å². The van der Waals surface area contributed by atoms with E-state index < -0.39 is 0 Å². The number of rotatable bonds is 6. The van der Waals surface area contributed by atoms with Crippen molar-refractivity contribution >= 4 is 11.6 Å². The van der Waals surface area contributed by atoms with Crippen molar-refractivity contribution in [2.75, 3.05) is 11.9 Å². The number of phenols is 1. The molecule has 7 heteroatoms. The standard InChI is InChI=1S/C19H20N4O3/c1-3-14-5-7-18(16(9-14)23-11-20-21-12-23)26-10-19(25)22-15-8-13(2)4-6-17(15)24/h4-9,11-12,24H,3,10H2,1-2H3,(H,22,25). The first-order chi connectivity index (χ1) is 12.6. The summed E-state index contributed by atoms with van der Waals surface area (Å²) in [5.41, 5.74) is 3.19. The number of benzene rings is 2. The van der Waals surface area contributed by atoms with Crippen molar-refractivity contribution in [3.8, 4) is 17.2 Å². The van der Waals surface area contributed by atoms with E-state index in [1.807, 2.05) is 25.1 Å². The highest BCUT2D eigenvalue weighted by molar-refractivity contribution is 5.93. The molecule has 2 aromatic carbocycles. The Morgan fingerprint density at radius 3 is 2.69 bits per heavy atom. The fourth-order valence-electron chi connectivity index (χ4n) is 2.51. The molecule has 0 saturated heterocycles. The van der Waals surface area contributed by atoms with Crippen molar-refractivity contribution in [1.82, 2.24) is 14.8 Å². The van der Waals surface area contributed by atoms with E-state index in [9.17, 15) is 9.90 Å². The van der Waals surface area contributed by atoms with Gasteiger partial charge in [0.15, 0.2) is 6.61 Å². The molecule has 3 aromatic rings. The molecule has 0 saturated carbocycles. The number of nitrogens with zero attached hydrogens (tertiary/aromatic N) is 3. The first-order valence-electron chi connectivity index (χ1n) is 8.27. The molecule has 2 N–H and O–H groups in total. The van der Waals surface area contributed by atoms with Gasteiger partial charge in [0, 0.05) is 0 Å². The van der Waals surface area contributed by atoms with Crippen LogP contribution in [0.15, 0.2) is 49.1 Å². The Hall–Kier alpha value is -3.35. The second kappa shape index (κ2) is 7.69. The number of nitrogens with one attached hydrogen (secondary N) is 1. The van der Waals surface area contributed by atoms with Crippen LogP contribution in [-0.4, -0.2) is 32.4 Å². The fraction of sp³-hybridized carbons (Fsp3) is 0.211. The monoisotopic (exact) mass is 352 g/mol. The van der Waals surface area contributed by atoms with Gasteiger partial charge in [-0.1, -0.05) is 19.1 Å². The average Bonchev–Trinajstić information content (AvgIpc) is 3.17. The highest BCUT2D eigenvalue weighted by Crippen LogP contribution is 2.26. The summed E-state index contributed by atoms with van der Waals surface area (Å²) in [6, 6.07) is 10.8. The number of aromatic nitrogens is 3. The Morgan fingerprint density at radius 1 is 1.19 bits per heavy atom. The van der Waals surface area contributed by atoms with Gasteiger partial charge in [-0.2, -0.15) is 0 Å². The van der Waals surface area contributed by atoms with E-state index in [4.69, 9.17) is 4.74 Å². The molecule has 7 nitrogen and oxygen atoms in total. The van der Waals surface area contributed by atoms with E-state index in [2.05, 4.69) is 22.4 Å². The molecule has 1 heterocycles. The summed E-state index contributed by atoms with van der Waals surface area (Å²) in [6.45, 7) is 3.76. The first-order valence-corrected chi connectivity index (χ1v) is 8.27. The Balaban J connectivity index is 1.73. The number of phenolic OH excluding ortho intramolecular Hbond substituents is 1. The van der Waals surface area contributed by atoms with Crippen LogP contribution in [0.25, 0.3) is 5.69 Å². The van der Waals surface area contributed by atoms with Crippen LogP contribution in [0.2, 0.25) is 0 Å². The maximum Gasteiger partial charge on any atom is 0.262 e. The Morgan fingerprint density at radius 2 is 1.96 bits per heavy atom. The quantitative estimate of drug-likeness (QED) is 0.666. The van der Waals surface area contributed by atoms with Crippen LogP contribution in [0.5, 0.6) is 11.5 Å². The Kier molecular flexibility index (Phi) is 5.17. The van der Waals surface area contributed by atoms with Crippen LogP contribution in [-0.2, 0) is 11.2 Å². The molecule has 0 radical (unpaired) electrons. The number of carbonyl (C=O) groups is 1. The number of amides is 1. The van der Waals surface area contributed by atoms with Gasteiger partial charge in [0.25, 0.3) is 5.91 Å². The zero-order valence-electron chi connectivity index (χ0n) is 14.6. The minimum Gasteiger partial charge on any atom is -0.506 e. The van der Waals surface area contributed by atoms with Crippen LogP contribution in [0, 0.1) is 6.92 Å². The lowest BCUT2D eigenvalue weighted by Gasteiger charge is -2.13. The molecule has 0 aliphatic heterocycles. The fourth-order valence-corrected chi connectivity index (χ4v) is 2.51. The molecule has 0 unspecified atom stereocenters. The van der Waals surface area contributed by atoms with Gasteiger partial charge in [0.2, 0.25) is 0 Å². The number of aryl methyl sites for hydroxylation is 2. The minimum atomic E-state index is -0.361. The molecule has 3 rings (SSSR count). The van der Waals surface area contributed by atoms with Crippen molar-refractivity contribution in [2.24, 2.45) is 0 Å². The van der Waals surface area contributed by atoms with Crippen molar-refractivity contribution in [3.63, 3.8) is 0 Å². The molecule has 134 valence electrons. The van der Waals surface area contributed by atoms with E-state index in [-0.39, 0.29) is 18.3 Å². The highest BCUT2D eigenvalue weighted by Gasteiger charge is 2.11. The molecule has 26 heavy (non-hydrogen) atoms. The van der Waals surface area contributed by atoms with E-state index in [0.717, 1.165) is 23.2 Å². The second-order valence-electron chi connectivity index (χ2n) is 5.88. The van der Waals surface area contributed by atoms with Gasteiger partial charge < -0.3 is 15.2 Å². The van der Waals surface area contributed by atoms with Crippen LogP contribution in [0.4, 0.5) is 5.69 Å². The number of aromatic hydroxyl groups is 1. The number of hydrogen-bond acceptors (Lipinski definition) is 5. The topological polar surface area (TPSA) is 89.3 Å². The number of ether oxygens (including phenoxy) is 1. The third kappa shape index (κ3) is 4.00. The van der Waals surface area contributed by atoms with Crippen LogP contribution >= 0.6 is 0 Å². The normalized spacial score (nSPS) is 10.5. The van der Waals surface area contributed by atoms with Crippen LogP contribution in [0.1, 0.15) is 18.1 Å². The van der Waals surface area contributed by atoms with E-state index in [1.54, 1.807) is 35.4 Å².